The summed E-state index contributed by atoms with van der Waals surface area (Å²) in [5.74, 6) is -0.298. The van der Waals surface area contributed by atoms with Crippen LogP contribution in [0.15, 0.2) is 0 Å². The second kappa shape index (κ2) is 18.7. The maximum absolute atomic E-state index is 11.4. The Morgan fingerprint density at radius 1 is 0.833 bits per heavy atom. The van der Waals surface area contributed by atoms with Crippen LogP contribution in [0.3, 0.4) is 0 Å². The highest BCUT2D eigenvalue weighted by Gasteiger charge is 2.10. The molecule has 0 spiro atoms. The minimum atomic E-state index is -0.847. The van der Waals surface area contributed by atoms with Crippen LogP contribution in [0.2, 0.25) is 0 Å². The van der Waals surface area contributed by atoms with Crippen molar-refractivity contribution in [1.82, 2.24) is 0 Å². The van der Waals surface area contributed by atoms with Crippen LogP contribution in [0.1, 0.15) is 96.8 Å². The fourth-order valence-electron chi connectivity index (χ4n) is 2.66. The van der Waals surface area contributed by atoms with Gasteiger partial charge in [-0.15, -0.1) is 0 Å². The van der Waals surface area contributed by atoms with Crippen molar-refractivity contribution in [2.45, 2.75) is 103 Å². The Morgan fingerprint density at radius 3 is 1.71 bits per heavy atom. The van der Waals surface area contributed by atoms with Gasteiger partial charge >= 0.3 is 5.97 Å². The third-order valence-electron chi connectivity index (χ3n) is 4.27. The number of esters is 1. The van der Waals surface area contributed by atoms with Crippen molar-refractivity contribution in [3.05, 3.63) is 0 Å². The number of unbranched alkanes of at least 4 members (excludes halogenated alkanes) is 12. The van der Waals surface area contributed by atoms with Gasteiger partial charge in [0.15, 0.2) is 0 Å². The van der Waals surface area contributed by atoms with Crippen molar-refractivity contribution < 1.29 is 24.8 Å². The van der Waals surface area contributed by atoms with Gasteiger partial charge in [-0.05, 0) is 6.42 Å². The summed E-state index contributed by atoms with van der Waals surface area (Å²) in [5.41, 5.74) is 0. The Hall–Kier alpha value is -0.650. The Morgan fingerprint density at radius 2 is 1.29 bits per heavy atom. The average molecular weight is 347 g/mol. The Bertz CT molecular complexity index is 266. The summed E-state index contributed by atoms with van der Waals surface area (Å²) in [7, 11) is 0. The van der Waals surface area contributed by atoms with Crippen molar-refractivity contribution in [3.8, 4) is 0 Å². The van der Waals surface area contributed by atoms with E-state index in [1.807, 2.05) is 0 Å². The van der Waals surface area contributed by atoms with Gasteiger partial charge in [0.1, 0.15) is 12.7 Å². The maximum atomic E-state index is 11.4. The molecule has 0 aromatic heterocycles. The first-order chi connectivity index (χ1) is 11.7. The van der Waals surface area contributed by atoms with Gasteiger partial charge in [0, 0.05) is 6.42 Å². The highest BCUT2D eigenvalue weighted by atomic mass is 17.1. The van der Waals surface area contributed by atoms with Gasteiger partial charge < -0.3 is 9.84 Å². The zero-order valence-corrected chi connectivity index (χ0v) is 15.5. The van der Waals surface area contributed by atoms with E-state index in [1.54, 1.807) is 0 Å². The maximum Gasteiger partial charge on any atom is 0.305 e. The lowest BCUT2D eigenvalue weighted by Crippen LogP contribution is -2.24. The molecular formula is C19H38O5. The van der Waals surface area contributed by atoms with E-state index < -0.39 is 6.10 Å². The Labute approximate surface area is 147 Å². The molecule has 2 N–H and O–H groups in total. The normalized spacial score (nSPS) is 12.3. The van der Waals surface area contributed by atoms with Crippen LogP contribution in [-0.2, 0) is 14.4 Å². The highest BCUT2D eigenvalue weighted by molar-refractivity contribution is 5.69. The standard InChI is InChI=1S/C19H38O5/c1-2-3-4-5-6-7-8-9-10-11-12-13-14-15-19(21)23-17-18(16-20)24-22/h18,20,22H,2-17H2,1H3. The summed E-state index contributed by atoms with van der Waals surface area (Å²) in [6, 6.07) is 0. The largest absolute Gasteiger partial charge is 0.463 e. The van der Waals surface area contributed by atoms with E-state index >= 15 is 0 Å². The van der Waals surface area contributed by atoms with Gasteiger partial charge in [0.05, 0.1) is 6.61 Å². The molecule has 5 nitrogen and oxygen atoms in total. The van der Waals surface area contributed by atoms with Gasteiger partial charge in [0.2, 0.25) is 0 Å². The van der Waals surface area contributed by atoms with Gasteiger partial charge in [0.25, 0.3) is 0 Å². The molecule has 0 amide bonds. The lowest BCUT2D eigenvalue weighted by atomic mass is 10.0. The summed E-state index contributed by atoms with van der Waals surface area (Å²) in [6.07, 6.45) is 16.1. The minimum absolute atomic E-state index is 0.107. The Balaban J connectivity index is 3.20. The summed E-state index contributed by atoms with van der Waals surface area (Å²) in [5, 5.41) is 17.1. The molecule has 0 aliphatic carbocycles. The van der Waals surface area contributed by atoms with E-state index in [1.165, 1.54) is 70.6 Å². The third kappa shape index (κ3) is 16.2. The fourth-order valence-corrected chi connectivity index (χ4v) is 2.66. The summed E-state index contributed by atoms with van der Waals surface area (Å²) in [6.45, 7) is 1.77. The zero-order chi connectivity index (χ0) is 17.9. The van der Waals surface area contributed by atoms with Crippen molar-refractivity contribution in [3.63, 3.8) is 0 Å². The quantitative estimate of drug-likeness (QED) is 0.160. The van der Waals surface area contributed by atoms with Gasteiger partial charge in [-0.1, -0.05) is 84.0 Å². The van der Waals surface area contributed by atoms with E-state index in [9.17, 15) is 4.79 Å². The number of hydrogen-bond donors (Lipinski definition) is 2. The molecule has 144 valence electrons. The van der Waals surface area contributed by atoms with E-state index in [-0.39, 0.29) is 19.2 Å². The number of rotatable bonds is 18. The first-order valence-corrected chi connectivity index (χ1v) is 9.81. The molecule has 0 aliphatic rings. The van der Waals surface area contributed by atoms with E-state index in [4.69, 9.17) is 15.1 Å². The highest BCUT2D eigenvalue weighted by Crippen LogP contribution is 2.13. The molecule has 5 heteroatoms. The molecule has 1 unspecified atom stereocenters. The van der Waals surface area contributed by atoms with Crippen LogP contribution >= 0.6 is 0 Å². The van der Waals surface area contributed by atoms with Crippen molar-refractivity contribution in [2.24, 2.45) is 0 Å². The zero-order valence-electron chi connectivity index (χ0n) is 15.5. The monoisotopic (exact) mass is 346 g/mol. The summed E-state index contributed by atoms with van der Waals surface area (Å²) < 4.78 is 4.91. The number of carbonyl (C=O) groups is 1. The molecule has 0 aliphatic heterocycles. The van der Waals surface area contributed by atoms with Crippen LogP contribution < -0.4 is 0 Å². The second-order valence-corrected chi connectivity index (χ2v) is 6.59. The van der Waals surface area contributed by atoms with Crippen molar-refractivity contribution in [1.29, 1.82) is 0 Å². The number of aliphatic hydroxyl groups is 1. The molecule has 1 atom stereocenters. The molecule has 0 saturated heterocycles. The SMILES string of the molecule is CCCCCCCCCCCCCCCC(=O)OCC(CO)OO. The predicted molar refractivity (Wildman–Crippen MR) is 95.9 cm³/mol. The fraction of sp³-hybridized carbons (Fsp3) is 0.947. The first-order valence-electron chi connectivity index (χ1n) is 9.81. The topological polar surface area (TPSA) is 76.0 Å². The van der Waals surface area contributed by atoms with Crippen molar-refractivity contribution >= 4 is 5.97 Å². The number of carbonyl (C=O) groups excluding carboxylic acids is 1. The molecule has 0 aromatic carbocycles. The molecule has 0 rings (SSSR count). The average Bonchev–Trinajstić information content (AvgIpc) is 2.60. The molecular weight excluding hydrogens is 308 g/mol. The molecule has 0 saturated carbocycles. The minimum Gasteiger partial charge on any atom is -0.463 e. The molecule has 0 bridgehead atoms. The van der Waals surface area contributed by atoms with E-state index in [2.05, 4.69) is 11.8 Å². The smallest absolute Gasteiger partial charge is 0.305 e. The van der Waals surface area contributed by atoms with Gasteiger partial charge in [-0.25, -0.2) is 4.89 Å². The van der Waals surface area contributed by atoms with E-state index in [0.717, 1.165) is 12.8 Å². The lowest BCUT2D eigenvalue weighted by molar-refractivity contribution is -0.291. The van der Waals surface area contributed by atoms with Crippen LogP contribution in [0, 0.1) is 0 Å². The number of hydrogen-bond acceptors (Lipinski definition) is 5. The molecule has 0 radical (unpaired) electrons. The van der Waals surface area contributed by atoms with Gasteiger partial charge in [-0.2, -0.15) is 0 Å². The van der Waals surface area contributed by atoms with Crippen LogP contribution in [0.5, 0.6) is 0 Å². The molecule has 0 fully saturated rings. The van der Waals surface area contributed by atoms with E-state index in [0.29, 0.717) is 6.42 Å². The second-order valence-electron chi connectivity index (χ2n) is 6.59. The van der Waals surface area contributed by atoms with Gasteiger partial charge in [-0.3, -0.25) is 10.1 Å². The summed E-state index contributed by atoms with van der Waals surface area (Å²) >= 11 is 0. The Kier molecular flexibility index (Phi) is 18.2. The number of ether oxygens (including phenoxy) is 1. The lowest BCUT2D eigenvalue weighted by Gasteiger charge is -2.10. The molecule has 0 heterocycles. The van der Waals surface area contributed by atoms with Crippen LogP contribution in [0.4, 0.5) is 0 Å². The van der Waals surface area contributed by atoms with Crippen LogP contribution in [-0.4, -0.2) is 35.7 Å². The third-order valence-corrected chi connectivity index (χ3v) is 4.27. The predicted octanol–water partition coefficient (Wildman–Crippen LogP) is 4.86. The van der Waals surface area contributed by atoms with Crippen LogP contribution in [0.25, 0.3) is 0 Å². The summed E-state index contributed by atoms with van der Waals surface area (Å²) in [4.78, 5) is 15.4. The van der Waals surface area contributed by atoms with Crippen molar-refractivity contribution in [2.75, 3.05) is 13.2 Å². The molecule has 0 aromatic rings. The number of aliphatic hydroxyl groups excluding tert-OH is 1. The first kappa shape index (κ1) is 23.4. The molecule has 24 heavy (non-hydrogen) atoms.